The van der Waals surface area contributed by atoms with Crippen molar-refractivity contribution in [2.45, 2.75) is 0 Å². The van der Waals surface area contributed by atoms with Gasteiger partial charge < -0.3 is 9.13 Å². The summed E-state index contributed by atoms with van der Waals surface area (Å²) in [6, 6.07) is 66.4. The highest BCUT2D eigenvalue weighted by atomic mass is 15.2. The molecule has 0 atom stereocenters. The molecule has 0 aliphatic heterocycles. The lowest BCUT2D eigenvalue weighted by molar-refractivity contribution is 0.953. The second kappa shape index (κ2) is 12.3. The maximum Gasteiger partial charge on any atom is 0.238 e. The molecule has 4 heterocycles. The van der Waals surface area contributed by atoms with Crippen LogP contribution in [0.2, 0.25) is 0 Å². The van der Waals surface area contributed by atoms with Crippen LogP contribution in [-0.2, 0) is 0 Å². The molecule has 0 bridgehead atoms. The number of hydrogen-bond acceptors (Lipinski definition) is 3. The molecule has 0 aliphatic rings. The lowest BCUT2D eigenvalue weighted by atomic mass is 10.0. The number of fused-ring (bicyclic) bond motifs is 9. The summed E-state index contributed by atoms with van der Waals surface area (Å²) in [5.41, 5.74) is 9.71. The Bertz CT molecular complexity index is 3450. The molecule has 0 N–H and O–H groups in total. The van der Waals surface area contributed by atoms with Gasteiger partial charge in [-0.3, -0.25) is 4.57 Å². The van der Waals surface area contributed by atoms with Gasteiger partial charge in [0.1, 0.15) is 0 Å². The number of benzene rings is 8. The van der Waals surface area contributed by atoms with E-state index in [9.17, 15) is 0 Å². The lowest BCUT2D eigenvalue weighted by Gasteiger charge is -2.12. The minimum Gasteiger partial charge on any atom is -0.317 e. The highest BCUT2D eigenvalue weighted by Gasteiger charge is 2.20. The van der Waals surface area contributed by atoms with Crippen molar-refractivity contribution in [3.05, 3.63) is 194 Å². The molecule has 12 rings (SSSR count). The molecule has 0 radical (unpaired) electrons. The fourth-order valence-corrected chi connectivity index (χ4v) is 8.72. The summed E-state index contributed by atoms with van der Waals surface area (Å²) in [5, 5.41) is 8.41. The number of para-hydroxylation sites is 3. The molecule has 6 nitrogen and oxygen atoms in total. The first-order valence-corrected chi connectivity index (χ1v) is 19.2. The number of rotatable bonds is 5. The van der Waals surface area contributed by atoms with E-state index in [0.29, 0.717) is 17.6 Å². The minimum absolute atomic E-state index is 0.580. The highest BCUT2D eigenvalue weighted by Crippen LogP contribution is 2.40. The number of nitrogens with zero attached hydrogens (tertiary/aromatic N) is 6. The van der Waals surface area contributed by atoms with Crippen molar-refractivity contribution >= 4 is 65.3 Å². The molecular formula is C51H32N6. The van der Waals surface area contributed by atoms with Crippen LogP contribution in [0.4, 0.5) is 0 Å². The Labute approximate surface area is 327 Å². The fraction of sp³-hybridized carbons (Fsp3) is 0. The Morgan fingerprint density at radius 2 is 0.860 bits per heavy atom. The van der Waals surface area contributed by atoms with Crippen molar-refractivity contribution in [2.24, 2.45) is 0 Å². The third-order valence-electron chi connectivity index (χ3n) is 11.3. The van der Waals surface area contributed by atoms with Gasteiger partial charge in [0.2, 0.25) is 5.95 Å². The molecular weight excluding hydrogens is 697 g/mol. The van der Waals surface area contributed by atoms with Crippen LogP contribution in [0.15, 0.2) is 194 Å². The zero-order chi connectivity index (χ0) is 37.5. The smallest absolute Gasteiger partial charge is 0.238 e. The molecule has 266 valence electrons. The average molecular weight is 729 g/mol. The molecule has 4 aromatic heterocycles. The molecule has 57 heavy (non-hydrogen) atoms. The summed E-state index contributed by atoms with van der Waals surface area (Å²) in [5.74, 6) is 1.84. The van der Waals surface area contributed by atoms with Crippen molar-refractivity contribution in [2.75, 3.05) is 0 Å². The molecule has 6 heteroatoms. The van der Waals surface area contributed by atoms with Crippen LogP contribution in [0.3, 0.4) is 0 Å². The van der Waals surface area contributed by atoms with Gasteiger partial charge in [-0.2, -0.15) is 9.97 Å². The normalized spacial score (nSPS) is 11.9. The molecule has 0 saturated carbocycles. The van der Waals surface area contributed by atoms with Crippen LogP contribution in [0.25, 0.3) is 105 Å². The molecule has 0 aliphatic carbocycles. The second-order valence-corrected chi connectivity index (χ2v) is 14.5. The maximum absolute atomic E-state index is 5.13. The summed E-state index contributed by atoms with van der Waals surface area (Å²) >= 11 is 0. The number of hydrogen-bond donors (Lipinski definition) is 0. The van der Waals surface area contributed by atoms with E-state index in [2.05, 4.69) is 147 Å². The van der Waals surface area contributed by atoms with E-state index in [1.54, 1.807) is 0 Å². The van der Waals surface area contributed by atoms with E-state index < -0.39 is 0 Å². The van der Waals surface area contributed by atoms with E-state index in [0.717, 1.165) is 44.3 Å². The van der Waals surface area contributed by atoms with Crippen molar-refractivity contribution < 1.29 is 0 Å². The zero-order valence-corrected chi connectivity index (χ0v) is 30.7. The summed E-state index contributed by atoms with van der Waals surface area (Å²) in [6.45, 7) is 0. The fourth-order valence-electron chi connectivity index (χ4n) is 8.72. The third-order valence-corrected chi connectivity index (χ3v) is 11.3. The van der Waals surface area contributed by atoms with E-state index in [1.165, 1.54) is 43.5 Å². The average Bonchev–Trinajstić information content (AvgIpc) is 3.97. The van der Waals surface area contributed by atoms with Crippen molar-refractivity contribution in [3.8, 4) is 40.1 Å². The van der Waals surface area contributed by atoms with Gasteiger partial charge in [0.25, 0.3) is 0 Å². The Kier molecular flexibility index (Phi) is 6.83. The van der Waals surface area contributed by atoms with E-state index in [4.69, 9.17) is 15.0 Å². The van der Waals surface area contributed by atoms with Gasteiger partial charge in [0.15, 0.2) is 11.6 Å². The zero-order valence-electron chi connectivity index (χ0n) is 30.7. The maximum atomic E-state index is 5.13. The Balaban J connectivity index is 1.10. The molecule has 0 saturated heterocycles. The summed E-state index contributed by atoms with van der Waals surface area (Å²) in [7, 11) is 0. The second-order valence-electron chi connectivity index (χ2n) is 14.5. The summed E-state index contributed by atoms with van der Waals surface area (Å²) in [6.07, 6.45) is 2.18. The minimum atomic E-state index is 0.580. The first-order valence-electron chi connectivity index (χ1n) is 19.2. The van der Waals surface area contributed by atoms with Gasteiger partial charge >= 0.3 is 0 Å². The quantitative estimate of drug-likeness (QED) is 0.177. The van der Waals surface area contributed by atoms with Gasteiger partial charge in [-0.1, -0.05) is 121 Å². The monoisotopic (exact) mass is 728 g/mol. The predicted octanol–water partition coefficient (Wildman–Crippen LogP) is 12.5. The Morgan fingerprint density at radius 3 is 1.54 bits per heavy atom. The van der Waals surface area contributed by atoms with E-state index in [1.807, 2.05) is 60.7 Å². The van der Waals surface area contributed by atoms with Gasteiger partial charge in [-0.15, -0.1) is 0 Å². The summed E-state index contributed by atoms with van der Waals surface area (Å²) < 4.78 is 6.88. The van der Waals surface area contributed by atoms with Crippen LogP contribution in [0.1, 0.15) is 0 Å². The Morgan fingerprint density at radius 1 is 0.316 bits per heavy atom. The molecule has 0 spiro atoms. The van der Waals surface area contributed by atoms with Crippen molar-refractivity contribution in [1.82, 2.24) is 28.7 Å². The van der Waals surface area contributed by atoms with Gasteiger partial charge in [-0.05, 0) is 77.5 Å². The first-order chi connectivity index (χ1) is 28.3. The number of aromatic nitrogens is 6. The van der Waals surface area contributed by atoms with Crippen molar-refractivity contribution in [1.29, 1.82) is 0 Å². The first kappa shape index (κ1) is 31.5. The Hall–Kier alpha value is -7.83. The molecule has 12 aromatic rings. The largest absolute Gasteiger partial charge is 0.317 e. The molecule has 0 unspecified atom stereocenters. The van der Waals surface area contributed by atoms with Crippen LogP contribution in [0.5, 0.6) is 0 Å². The van der Waals surface area contributed by atoms with Crippen LogP contribution < -0.4 is 0 Å². The molecule has 0 fully saturated rings. The van der Waals surface area contributed by atoms with Crippen molar-refractivity contribution in [3.63, 3.8) is 0 Å². The van der Waals surface area contributed by atoms with E-state index >= 15 is 0 Å². The SMILES string of the molecule is c1ccc(-c2nc(-c3ccccc3)nc(-n3c4ccccc4c4cc(-n5c6ccccc6c6cc7ccc8c(ccn8-c8ccccc8)c7cc65)ccc43)n2)cc1. The van der Waals surface area contributed by atoms with Crippen LogP contribution in [0, 0.1) is 0 Å². The molecule has 8 aromatic carbocycles. The lowest BCUT2D eigenvalue weighted by Crippen LogP contribution is -2.06. The van der Waals surface area contributed by atoms with Crippen LogP contribution >= 0.6 is 0 Å². The van der Waals surface area contributed by atoms with Gasteiger partial charge in [0, 0.05) is 55.6 Å². The topological polar surface area (TPSA) is 53.5 Å². The van der Waals surface area contributed by atoms with Gasteiger partial charge in [0.05, 0.1) is 27.6 Å². The standard InChI is InChI=1S/C51H32N6/c1-4-14-33(15-5-1)49-52-50(34-16-6-2-7-17-34)54-51(53-49)57-46-23-13-11-21-39(46)43-31-37(25-27-47(43)57)56-45-22-12-10-20-38(45)42-30-35-24-26-44-40(41(35)32-48(42)56)28-29-55(44)36-18-8-3-9-19-36/h1-32H. The van der Waals surface area contributed by atoms with Gasteiger partial charge in [-0.25, -0.2) is 4.98 Å². The van der Waals surface area contributed by atoms with Crippen LogP contribution in [-0.4, -0.2) is 28.7 Å². The summed E-state index contributed by atoms with van der Waals surface area (Å²) in [4.78, 5) is 15.2. The predicted molar refractivity (Wildman–Crippen MR) is 234 cm³/mol. The molecule has 0 amide bonds. The van der Waals surface area contributed by atoms with E-state index in [-0.39, 0.29) is 0 Å². The highest BCUT2D eigenvalue weighted by molar-refractivity contribution is 6.18. The third kappa shape index (κ3) is 4.87.